The number of sulfonamides is 1. The van der Waals surface area contributed by atoms with Gasteiger partial charge in [-0.25, -0.2) is 13.4 Å². The summed E-state index contributed by atoms with van der Waals surface area (Å²) >= 11 is 1.61. The smallest absolute Gasteiger partial charge is 0.255 e. The molecular formula is C21H23N3O3S2. The summed E-state index contributed by atoms with van der Waals surface area (Å²) in [7, 11) is -3.54. The van der Waals surface area contributed by atoms with Gasteiger partial charge in [-0.1, -0.05) is 6.42 Å². The second-order valence-electron chi connectivity index (χ2n) is 7.35. The number of piperidine rings is 1. The fraction of sp³-hybridized carbons (Fsp3) is 0.333. The molecule has 29 heavy (non-hydrogen) atoms. The minimum absolute atomic E-state index is 0.000920. The van der Waals surface area contributed by atoms with E-state index in [0.717, 1.165) is 34.5 Å². The zero-order chi connectivity index (χ0) is 20.6. The monoisotopic (exact) mass is 429 g/mol. The second kappa shape index (κ2) is 7.85. The number of carbonyl (C=O) groups excluding carboxylic acids is 1. The normalized spacial score (nSPS) is 18.1. The molecule has 1 aliphatic rings. The highest BCUT2D eigenvalue weighted by Crippen LogP contribution is 2.26. The molecule has 0 aliphatic carbocycles. The summed E-state index contributed by atoms with van der Waals surface area (Å²) in [5.41, 5.74) is 1.92. The minimum atomic E-state index is -3.54. The third-order valence-electron chi connectivity index (χ3n) is 5.22. The number of nitrogens with one attached hydrogen (secondary N) is 1. The molecule has 0 saturated carbocycles. The van der Waals surface area contributed by atoms with Gasteiger partial charge in [0, 0.05) is 23.8 Å². The SMILES string of the molecule is Cc1nc2cc(NC(=O)c3ccc(S(=O)(=O)N4CCCCC4C)cc3)ccc2s1. The molecule has 1 aliphatic heterocycles. The highest BCUT2D eigenvalue weighted by atomic mass is 32.2. The number of hydrogen-bond acceptors (Lipinski definition) is 5. The molecule has 0 radical (unpaired) electrons. The molecule has 1 amide bonds. The van der Waals surface area contributed by atoms with E-state index in [2.05, 4.69) is 10.3 Å². The molecule has 2 heterocycles. The van der Waals surface area contributed by atoms with E-state index in [0.29, 0.717) is 17.8 Å². The first-order chi connectivity index (χ1) is 13.8. The first-order valence-electron chi connectivity index (χ1n) is 9.65. The quantitative estimate of drug-likeness (QED) is 0.666. The summed E-state index contributed by atoms with van der Waals surface area (Å²) in [6.07, 6.45) is 2.81. The molecule has 2 aromatic carbocycles. The molecule has 4 rings (SSSR count). The van der Waals surface area contributed by atoms with Gasteiger partial charge in [0.1, 0.15) is 0 Å². The lowest BCUT2D eigenvalue weighted by molar-refractivity contribution is 0.102. The van der Waals surface area contributed by atoms with Gasteiger partial charge in [-0.15, -0.1) is 11.3 Å². The van der Waals surface area contributed by atoms with Crippen LogP contribution in [0.1, 0.15) is 41.6 Å². The number of amides is 1. The predicted molar refractivity (Wildman–Crippen MR) is 116 cm³/mol. The van der Waals surface area contributed by atoms with Crippen molar-refractivity contribution in [1.29, 1.82) is 0 Å². The van der Waals surface area contributed by atoms with Crippen molar-refractivity contribution in [3.05, 3.63) is 53.0 Å². The molecule has 1 N–H and O–H groups in total. The first-order valence-corrected chi connectivity index (χ1v) is 11.9. The van der Waals surface area contributed by atoms with E-state index in [1.165, 1.54) is 12.1 Å². The number of anilines is 1. The van der Waals surface area contributed by atoms with Crippen molar-refractivity contribution in [2.45, 2.75) is 44.0 Å². The van der Waals surface area contributed by atoms with E-state index in [4.69, 9.17) is 0 Å². The van der Waals surface area contributed by atoms with Crippen molar-refractivity contribution >= 4 is 43.2 Å². The molecule has 1 fully saturated rings. The number of benzene rings is 2. The number of thiazole rings is 1. The first kappa shape index (κ1) is 20.0. The molecule has 3 aromatic rings. The van der Waals surface area contributed by atoms with E-state index in [1.807, 2.05) is 32.0 Å². The van der Waals surface area contributed by atoms with Crippen LogP contribution in [0.2, 0.25) is 0 Å². The van der Waals surface area contributed by atoms with E-state index in [9.17, 15) is 13.2 Å². The van der Waals surface area contributed by atoms with Crippen molar-refractivity contribution in [1.82, 2.24) is 9.29 Å². The van der Waals surface area contributed by atoms with Crippen LogP contribution < -0.4 is 5.32 Å². The Morgan fingerprint density at radius 1 is 1.17 bits per heavy atom. The van der Waals surface area contributed by atoms with Crippen molar-refractivity contribution in [3.63, 3.8) is 0 Å². The molecule has 8 heteroatoms. The zero-order valence-corrected chi connectivity index (χ0v) is 18.0. The summed E-state index contributed by atoms with van der Waals surface area (Å²) in [6.45, 7) is 4.44. The maximum Gasteiger partial charge on any atom is 0.255 e. The van der Waals surface area contributed by atoms with E-state index in [-0.39, 0.29) is 16.8 Å². The topological polar surface area (TPSA) is 79.4 Å². The van der Waals surface area contributed by atoms with Crippen molar-refractivity contribution < 1.29 is 13.2 Å². The lowest BCUT2D eigenvalue weighted by atomic mass is 10.1. The van der Waals surface area contributed by atoms with Gasteiger partial charge in [-0.05, 0) is 69.2 Å². The van der Waals surface area contributed by atoms with Crippen LogP contribution >= 0.6 is 11.3 Å². The molecule has 6 nitrogen and oxygen atoms in total. The molecule has 152 valence electrons. The molecule has 0 bridgehead atoms. The number of nitrogens with zero attached hydrogens (tertiary/aromatic N) is 2. The van der Waals surface area contributed by atoms with Crippen LogP contribution in [0.5, 0.6) is 0 Å². The van der Waals surface area contributed by atoms with Gasteiger partial charge in [0.2, 0.25) is 10.0 Å². The number of fused-ring (bicyclic) bond motifs is 1. The molecule has 1 atom stereocenters. The summed E-state index contributed by atoms with van der Waals surface area (Å²) in [4.78, 5) is 17.2. The van der Waals surface area contributed by atoms with Crippen LogP contribution in [0, 0.1) is 6.92 Å². The maximum absolute atomic E-state index is 12.9. The Morgan fingerprint density at radius 2 is 1.93 bits per heavy atom. The average molecular weight is 430 g/mol. The lowest BCUT2D eigenvalue weighted by Crippen LogP contribution is -2.41. The van der Waals surface area contributed by atoms with Crippen molar-refractivity contribution in [2.24, 2.45) is 0 Å². The van der Waals surface area contributed by atoms with Gasteiger partial charge in [0.25, 0.3) is 5.91 Å². The number of carbonyl (C=O) groups is 1. The molecule has 1 saturated heterocycles. The van der Waals surface area contributed by atoms with Crippen LogP contribution in [0.15, 0.2) is 47.4 Å². The van der Waals surface area contributed by atoms with Crippen LogP contribution in [0.25, 0.3) is 10.2 Å². The fourth-order valence-corrected chi connectivity index (χ4v) is 6.17. The average Bonchev–Trinajstić information content (AvgIpc) is 3.07. The van der Waals surface area contributed by atoms with Gasteiger partial charge < -0.3 is 5.32 Å². The number of hydrogen-bond donors (Lipinski definition) is 1. The van der Waals surface area contributed by atoms with E-state index >= 15 is 0 Å². The third kappa shape index (κ3) is 4.05. The van der Waals surface area contributed by atoms with Gasteiger partial charge in [0.15, 0.2) is 0 Å². The highest BCUT2D eigenvalue weighted by Gasteiger charge is 2.30. The summed E-state index contributed by atoms with van der Waals surface area (Å²) in [5.74, 6) is -0.286. The molecule has 0 spiro atoms. The van der Waals surface area contributed by atoms with Crippen LogP contribution in [0.4, 0.5) is 5.69 Å². The standard InChI is InChI=1S/C21H23N3O3S2/c1-14-5-3-4-12-24(14)29(26,27)18-9-6-16(7-10-18)21(25)23-17-8-11-20-19(13-17)22-15(2)28-20/h6-11,13-14H,3-5,12H2,1-2H3,(H,23,25). The Balaban J connectivity index is 1.51. The Hall–Kier alpha value is -2.29. The van der Waals surface area contributed by atoms with Gasteiger partial charge >= 0.3 is 0 Å². The second-order valence-corrected chi connectivity index (χ2v) is 10.5. The minimum Gasteiger partial charge on any atom is -0.322 e. The fourth-order valence-electron chi connectivity index (χ4n) is 3.67. The van der Waals surface area contributed by atoms with Gasteiger partial charge in [0.05, 0.1) is 20.1 Å². The van der Waals surface area contributed by atoms with E-state index < -0.39 is 10.0 Å². The Labute approximate surface area is 174 Å². The summed E-state index contributed by atoms with van der Waals surface area (Å²) in [6, 6.07) is 11.8. The predicted octanol–water partition coefficient (Wildman–Crippen LogP) is 4.42. The number of aryl methyl sites for hydroxylation is 1. The maximum atomic E-state index is 12.9. The zero-order valence-electron chi connectivity index (χ0n) is 16.4. The van der Waals surface area contributed by atoms with E-state index in [1.54, 1.807) is 27.8 Å². The molecular weight excluding hydrogens is 406 g/mol. The van der Waals surface area contributed by atoms with Crippen LogP contribution in [0.3, 0.4) is 0 Å². The molecule has 1 aromatic heterocycles. The summed E-state index contributed by atoms with van der Waals surface area (Å²) in [5, 5.41) is 3.83. The lowest BCUT2D eigenvalue weighted by Gasteiger charge is -2.32. The van der Waals surface area contributed by atoms with Gasteiger partial charge in [-0.2, -0.15) is 4.31 Å². The van der Waals surface area contributed by atoms with Crippen molar-refractivity contribution in [3.8, 4) is 0 Å². The Morgan fingerprint density at radius 3 is 2.66 bits per heavy atom. The third-order valence-corrected chi connectivity index (χ3v) is 8.20. The van der Waals surface area contributed by atoms with Gasteiger partial charge in [-0.3, -0.25) is 4.79 Å². The largest absolute Gasteiger partial charge is 0.322 e. The number of rotatable bonds is 4. The summed E-state index contributed by atoms with van der Waals surface area (Å²) < 4.78 is 28.5. The highest BCUT2D eigenvalue weighted by molar-refractivity contribution is 7.89. The van der Waals surface area contributed by atoms with Crippen molar-refractivity contribution in [2.75, 3.05) is 11.9 Å². The van der Waals surface area contributed by atoms with Crippen LogP contribution in [-0.2, 0) is 10.0 Å². The molecule has 1 unspecified atom stereocenters. The van der Waals surface area contributed by atoms with Crippen LogP contribution in [-0.4, -0.2) is 36.2 Å². The Kier molecular flexibility index (Phi) is 5.42. The Bertz CT molecular complexity index is 1150. The number of aromatic nitrogens is 1.